The van der Waals surface area contributed by atoms with Gasteiger partial charge in [-0.3, -0.25) is 14.9 Å². The quantitative estimate of drug-likeness (QED) is 0.495. The van der Waals surface area contributed by atoms with E-state index in [0.29, 0.717) is 0 Å². The first-order valence-electron chi connectivity index (χ1n) is 7.05. The number of benzene rings is 2. The SMILES string of the molecule is O=C(COC(=O)c1ccc([N+](=O)[O-])cc1)Nc1ccc(C(F)(F)F)cc1. The van der Waals surface area contributed by atoms with Crippen molar-refractivity contribution < 1.29 is 32.4 Å². The summed E-state index contributed by atoms with van der Waals surface area (Å²) < 4.78 is 42.1. The lowest BCUT2D eigenvalue weighted by Crippen LogP contribution is -2.21. The van der Waals surface area contributed by atoms with E-state index in [2.05, 4.69) is 5.32 Å². The molecular formula is C16H11F3N2O5. The summed E-state index contributed by atoms with van der Waals surface area (Å²) in [5.74, 6) is -1.62. The summed E-state index contributed by atoms with van der Waals surface area (Å²) in [5, 5.41) is 12.8. The first kappa shape index (κ1) is 18.9. The number of halogens is 3. The van der Waals surface area contributed by atoms with E-state index in [1.54, 1.807) is 0 Å². The zero-order chi connectivity index (χ0) is 19.3. The van der Waals surface area contributed by atoms with Crippen LogP contribution in [0.2, 0.25) is 0 Å². The predicted octanol–water partition coefficient (Wildman–Crippen LogP) is 3.41. The minimum Gasteiger partial charge on any atom is -0.452 e. The molecule has 0 spiro atoms. The summed E-state index contributed by atoms with van der Waals surface area (Å²) in [7, 11) is 0. The van der Waals surface area contributed by atoms with Crippen LogP contribution in [0.3, 0.4) is 0 Å². The Bertz CT molecular complexity index is 817. The number of carbonyl (C=O) groups excluding carboxylic acids is 2. The zero-order valence-electron chi connectivity index (χ0n) is 12.9. The van der Waals surface area contributed by atoms with Crippen LogP contribution < -0.4 is 5.32 Å². The molecule has 0 saturated carbocycles. The maximum absolute atomic E-state index is 12.4. The van der Waals surface area contributed by atoms with Gasteiger partial charge in [-0.2, -0.15) is 13.2 Å². The van der Waals surface area contributed by atoms with Crippen LogP contribution in [-0.2, 0) is 15.7 Å². The summed E-state index contributed by atoms with van der Waals surface area (Å²) in [6, 6.07) is 8.31. The fraction of sp³-hybridized carbons (Fsp3) is 0.125. The van der Waals surface area contributed by atoms with Crippen molar-refractivity contribution in [2.45, 2.75) is 6.18 Å². The monoisotopic (exact) mass is 368 g/mol. The van der Waals surface area contributed by atoms with Crippen LogP contribution in [0.5, 0.6) is 0 Å². The van der Waals surface area contributed by atoms with Crippen LogP contribution in [0.4, 0.5) is 24.5 Å². The Kier molecular flexibility index (Phi) is 5.55. The van der Waals surface area contributed by atoms with Gasteiger partial charge in [0.25, 0.3) is 11.6 Å². The van der Waals surface area contributed by atoms with E-state index in [9.17, 15) is 32.9 Å². The van der Waals surface area contributed by atoms with Gasteiger partial charge in [0.15, 0.2) is 6.61 Å². The average Bonchev–Trinajstić information content (AvgIpc) is 2.59. The highest BCUT2D eigenvalue weighted by Gasteiger charge is 2.30. The van der Waals surface area contributed by atoms with E-state index in [1.807, 2.05) is 0 Å². The Morgan fingerprint density at radius 3 is 2.12 bits per heavy atom. The number of nitrogens with one attached hydrogen (secondary N) is 1. The molecule has 10 heteroatoms. The number of alkyl halides is 3. The fourth-order valence-corrected chi connectivity index (χ4v) is 1.87. The molecule has 0 aromatic heterocycles. The second-order valence-electron chi connectivity index (χ2n) is 5.00. The highest BCUT2D eigenvalue weighted by Crippen LogP contribution is 2.29. The largest absolute Gasteiger partial charge is 0.452 e. The van der Waals surface area contributed by atoms with Crippen molar-refractivity contribution >= 4 is 23.3 Å². The van der Waals surface area contributed by atoms with E-state index in [1.165, 1.54) is 12.1 Å². The third-order valence-corrected chi connectivity index (χ3v) is 3.14. The summed E-state index contributed by atoms with van der Waals surface area (Å²) >= 11 is 0. The topological polar surface area (TPSA) is 98.5 Å². The van der Waals surface area contributed by atoms with Gasteiger partial charge in [-0.25, -0.2) is 4.79 Å². The molecular weight excluding hydrogens is 357 g/mol. The van der Waals surface area contributed by atoms with Gasteiger partial charge in [0, 0.05) is 17.8 Å². The average molecular weight is 368 g/mol. The number of amides is 1. The van der Waals surface area contributed by atoms with Gasteiger partial charge in [0.1, 0.15) is 0 Å². The lowest BCUT2D eigenvalue weighted by Gasteiger charge is -2.09. The molecule has 0 radical (unpaired) electrons. The molecule has 1 amide bonds. The standard InChI is InChI=1S/C16H11F3N2O5/c17-16(18,19)11-3-5-12(6-4-11)20-14(22)9-26-15(23)10-1-7-13(8-2-10)21(24)25/h1-8H,9H2,(H,20,22). The van der Waals surface area contributed by atoms with Gasteiger partial charge in [0.2, 0.25) is 0 Å². The predicted molar refractivity (Wildman–Crippen MR) is 83.5 cm³/mol. The number of nitrogens with zero attached hydrogens (tertiary/aromatic N) is 1. The first-order chi connectivity index (χ1) is 12.2. The van der Waals surface area contributed by atoms with E-state index in [4.69, 9.17) is 4.74 Å². The first-order valence-corrected chi connectivity index (χ1v) is 7.05. The van der Waals surface area contributed by atoms with Crippen molar-refractivity contribution in [3.63, 3.8) is 0 Å². The van der Waals surface area contributed by atoms with Gasteiger partial charge in [-0.15, -0.1) is 0 Å². The Balaban J connectivity index is 1.88. The summed E-state index contributed by atoms with van der Waals surface area (Å²) in [6.07, 6.45) is -4.48. The number of nitro benzene ring substituents is 1. The number of ether oxygens (including phenoxy) is 1. The number of rotatable bonds is 5. The van der Waals surface area contributed by atoms with Crippen LogP contribution in [0.25, 0.3) is 0 Å². The molecule has 0 saturated heterocycles. The van der Waals surface area contributed by atoms with E-state index in [0.717, 1.165) is 36.4 Å². The van der Waals surface area contributed by atoms with Crippen LogP contribution in [-0.4, -0.2) is 23.4 Å². The molecule has 0 aliphatic heterocycles. The molecule has 136 valence electrons. The van der Waals surface area contributed by atoms with Gasteiger partial charge in [-0.05, 0) is 36.4 Å². The molecule has 0 aliphatic rings. The number of anilines is 1. The van der Waals surface area contributed by atoms with Gasteiger partial charge >= 0.3 is 12.1 Å². The molecule has 7 nitrogen and oxygen atoms in total. The number of hydrogen-bond donors (Lipinski definition) is 1. The summed E-state index contributed by atoms with van der Waals surface area (Å²) in [6.45, 7) is -0.670. The second-order valence-corrected chi connectivity index (χ2v) is 5.00. The third kappa shape index (κ3) is 5.03. The molecule has 2 aromatic carbocycles. The van der Waals surface area contributed by atoms with Crippen molar-refractivity contribution in [3.8, 4) is 0 Å². The molecule has 0 unspecified atom stereocenters. The Morgan fingerprint density at radius 2 is 1.62 bits per heavy atom. The fourth-order valence-electron chi connectivity index (χ4n) is 1.87. The minimum absolute atomic E-state index is 0.0120. The Hall–Kier alpha value is -3.43. The number of hydrogen-bond acceptors (Lipinski definition) is 5. The van der Waals surface area contributed by atoms with Crippen molar-refractivity contribution in [1.29, 1.82) is 0 Å². The molecule has 2 rings (SSSR count). The highest BCUT2D eigenvalue weighted by atomic mass is 19.4. The molecule has 0 bridgehead atoms. The van der Waals surface area contributed by atoms with Crippen LogP contribution in [0.15, 0.2) is 48.5 Å². The Morgan fingerprint density at radius 1 is 1.04 bits per heavy atom. The normalized spacial score (nSPS) is 10.9. The van der Waals surface area contributed by atoms with Crippen molar-refractivity contribution in [1.82, 2.24) is 0 Å². The number of carbonyl (C=O) groups is 2. The van der Waals surface area contributed by atoms with Crippen LogP contribution in [0.1, 0.15) is 15.9 Å². The van der Waals surface area contributed by atoms with Gasteiger partial charge < -0.3 is 10.1 Å². The second kappa shape index (κ2) is 7.64. The lowest BCUT2D eigenvalue weighted by atomic mass is 10.2. The maximum Gasteiger partial charge on any atom is 0.416 e. The summed E-state index contributed by atoms with van der Waals surface area (Å²) in [5.41, 5.74) is -0.950. The van der Waals surface area contributed by atoms with E-state index >= 15 is 0 Å². The van der Waals surface area contributed by atoms with Crippen molar-refractivity contribution in [2.75, 3.05) is 11.9 Å². The van der Waals surface area contributed by atoms with Gasteiger partial charge in [0.05, 0.1) is 16.1 Å². The van der Waals surface area contributed by atoms with Crippen molar-refractivity contribution in [3.05, 3.63) is 69.8 Å². The number of esters is 1. The molecule has 1 N–H and O–H groups in total. The smallest absolute Gasteiger partial charge is 0.416 e. The number of nitro groups is 1. The van der Waals surface area contributed by atoms with Crippen LogP contribution >= 0.6 is 0 Å². The zero-order valence-corrected chi connectivity index (χ0v) is 12.9. The lowest BCUT2D eigenvalue weighted by molar-refractivity contribution is -0.384. The molecule has 0 atom stereocenters. The molecule has 0 aliphatic carbocycles. The minimum atomic E-state index is -4.48. The highest BCUT2D eigenvalue weighted by molar-refractivity contribution is 5.95. The van der Waals surface area contributed by atoms with Crippen LogP contribution in [0, 0.1) is 10.1 Å². The summed E-state index contributed by atoms with van der Waals surface area (Å²) in [4.78, 5) is 33.3. The molecule has 0 heterocycles. The maximum atomic E-state index is 12.4. The number of non-ortho nitro benzene ring substituents is 1. The molecule has 2 aromatic rings. The van der Waals surface area contributed by atoms with Crippen molar-refractivity contribution in [2.24, 2.45) is 0 Å². The molecule has 26 heavy (non-hydrogen) atoms. The van der Waals surface area contributed by atoms with E-state index < -0.39 is 35.1 Å². The van der Waals surface area contributed by atoms with Gasteiger partial charge in [-0.1, -0.05) is 0 Å². The van der Waals surface area contributed by atoms with E-state index in [-0.39, 0.29) is 16.9 Å². The molecule has 0 fully saturated rings. The Labute approximate surface area is 144 Å². The third-order valence-electron chi connectivity index (χ3n) is 3.14.